The fraction of sp³-hybridized carbons (Fsp3) is 0.440. The van der Waals surface area contributed by atoms with E-state index in [1.807, 2.05) is 65.4 Å². The van der Waals surface area contributed by atoms with E-state index in [9.17, 15) is 4.79 Å². The van der Waals surface area contributed by atoms with E-state index in [2.05, 4.69) is 9.88 Å². The van der Waals surface area contributed by atoms with Crippen molar-refractivity contribution < 1.29 is 9.53 Å². The summed E-state index contributed by atoms with van der Waals surface area (Å²) in [5.41, 5.74) is 2.93. The fourth-order valence-corrected chi connectivity index (χ4v) is 4.75. The quantitative estimate of drug-likeness (QED) is 0.579. The molecule has 172 valence electrons. The molecule has 0 bridgehead atoms. The van der Waals surface area contributed by atoms with Gasteiger partial charge in [0.15, 0.2) is 6.61 Å². The summed E-state index contributed by atoms with van der Waals surface area (Å²) < 4.78 is 7.54. The van der Waals surface area contributed by atoms with Crippen molar-refractivity contribution in [1.29, 1.82) is 0 Å². The first-order valence-corrected chi connectivity index (χ1v) is 11.7. The second-order valence-corrected chi connectivity index (χ2v) is 8.82. The predicted molar refractivity (Wildman–Crippen MR) is 126 cm³/mol. The Morgan fingerprint density at radius 2 is 1.91 bits per heavy atom. The van der Waals surface area contributed by atoms with Crippen LogP contribution in [0.3, 0.4) is 0 Å². The van der Waals surface area contributed by atoms with Gasteiger partial charge in [-0.05, 0) is 43.9 Å². The number of para-hydroxylation sites is 1. The molecule has 5 rings (SSSR count). The minimum atomic E-state index is 0.0133. The molecule has 1 atom stereocenters. The number of likely N-dealkylation sites (tertiary alicyclic amines) is 1. The summed E-state index contributed by atoms with van der Waals surface area (Å²) in [7, 11) is 1.94. The molecule has 1 aromatic carbocycles. The van der Waals surface area contributed by atoms with Crippen LogP contribution < -0.4 is 9.64 Å². The number of hydrogen-bond donors (Lipinski definition) is 0. The summed E-state index contributed by atoms with van der Waals surface area (Å²) in [6, 6.07) is 11.4. The van der Waals surface area contributed by atoms with Crippen molar-refractivity contribution in [3.63, 3.8) is 0 Å². The summed E-state index contributed by atoms with van der Waals surface area (Å²) in [6.45, 7) is 3.46. The van der Waals surface area contributed by atoms with E-state index >= 15 is 0 Å². The van der Waals surface area contributed by atoms with Crippen LogP contribution in [0.1, 0.15) is 37.3 Å². The van der Waals surface area contributed by atoms with Gasteiger partial charge in [0.25, 0.3) is 5.91 Å². The van der Waals surface area contributed by atoms with Crippen molar-refractivity contribution in [1.82, 2.24) is 24.6 Å². The molecule has 2 aliphatic rings. The Morgan fingerprint density at radius 3 is 2.73 bits per heavy atom. The van der Waals surface area contributed by atoms with E-state index in [0.717, 1.165) is 55.4 Å². The highest BCUT2D eigenvalue weighted by atomic mass is 16.5. The van der Waals surface area contributed by atoms with E-state index in [1.54, 1.807) is 0 Å². The summed E-state index contributed by atoms with van der Waals surface area (Å²) in [5.74, 6) is 1.68. The van der Waals surface area contributed by atoms with Gasteiger partial charge in [-0.15, -0.1) is 0 Å². The number of aromatic nitrogens is 4. The SMILES string of the molecule is Cn1cc(-c2ccnc(N3CCCC3)n2)c(C2CCCN(C(=O)COc3ccccc3)C2)n1. The number of piperidine rings is 1. The number of ether oxygens (including phenoxy) is 1. The minimum absolute atomic E-state index is 0.0133. The van der Waals surface area contributed by atoms with Crippen molar-refractivity contribution in [3.8, 4) is 17.0 Å². The number of aryl methyl sites for hydroxylation is 1. The number of anilines is 1. The lowest BCUT2D eigenvalue weighted by atomic mass is 9.91. The summed E-state index contributed by atoms with van der Waals surface area (Å²) in [5, 5.41) is 4.80. The van der Waals surface area contributed by atoms with Crippen LogP contribution in [0.2, 0.25) is 0 Å². The third-order valence-electron chi connectivity index (χ3n) is 6.43. The molecule has 1 unspecified atom stereocenters. The van der Waals surface area contributed by atoms with Crippen LogP contribution in [0.25, 0.3) is 11.3 Å². The first-order chi connectivity index (χ1) is 16.2. The Labute approximate surface area is 194 Å². The topological polar surface area (TPSA) is 76.4 Å². The zero-order valence-electron chi connectivity index (χ0n) is 19.1. The van der Waals surface area contributed by atoms with Gasteiger partial charge >= 0.3 is 0 Å². The molecule has 33 heavy (non-hydrogen) atoms. The standard InChI is InChI=1S/C25H30N6O2/c1-29-17-21(22-11-12-26-25(27-22)30-13-5-6-14-30)24(28-29)19-8-7-15-31(16-19)23(32)18-33-20-9-3-2-4-10-20/h2-4,9-12,17,19H,5-8,13-16,18H2,1H3. The van der Waals surface area contributed by atoms with Gasteiger partial charge < -0.3 is 14.5 Å². The molecule has 8 nitrogen and oxygen atoms in total. The molecule has 3 aromatic rings. The average molecular weight is 447 g/mol. The highest BCUT2D eigenvalue weighted by Crippen LogP contribution is 2.33. The zero-order chi connectivity index (χ0) is 22.6. The van der Waals surface area contributed by atoms with Crippen molar-refractivity contribution in [2.45, 2.75) is 31.6 Å². The Hall–Kier alpha value is -3.42. The molecular formula is C25H30N6O2. The Morgan fingerprint density at radius 1 is 1.09 bits per heavy atom. The van der Waals surface area contributed by atoms with Crippen molar-refractivity contribution >= 4 is 11.9 Å². The van der Waals surface area contributed by atoms with Crippen LogP contribution in [0.15, 0.2) is 48.8 Å². The maximum absolute atomic E-state index is 12.8. The molecule has 0 N–H and O–H groups in total. The number of benzene rings is 1. The number of carbonyl (C=O) groups excluding carboxylic acids is 1. The molecule has 8 heteroatoms. The van der Waals surface area contributed by atoms with E-state index < -0.39 is 0 Å². The predicted octanol–water partition coefficient (Wildman–Crippen LogP) is 3.26. The number of nitrogens with zero attached hydrogens (tertiary/aromatic N) is 6. The van der Waals surface area contributed by atoms with Crippen molar-refractivity contribution in [2.24, 2.45) is 7.05 Å². The lowest BCUT2D eigenvalue weighted by molar-refractivity contribution is -0.134. The van der Waals surface area contributed by atoms with Crippen LogP contribution in [0.5, 0.6) is 5.75 Å². The molecule has 0 radical (unpaired) electrons. The molecule has 1 amide bonds. The summed E-state index contributed by atoms with van der Waals surface area (Å²) >= 11 is 0. The Kier molecular flexibility index (Phi) is 6.24. The molecule has 4 heterocycles. The number of amides is 1. The maximum atomic E-state index is 12.8. The molecule has 0 aliphatic carbocycles. The normalized spacial score (nSPS) is 18.5. The minimum Gasteiger partial charge on any atom is -0.484 e. The monoisotopic (exact) mass is 446 g/mol. The molecule has 0 spiro atoms. The van der Waals surface area contributed by atoms with Crippen LogP contribution >= 0.6 is 0 Å². The van der Waals surface area contributed by atoms with Crippen LogP contribution in [-0.2, 0) is 11.8 Å². The maximum Gasteiger partial charge on any atom is 0.260 e. The van der Waals surface area contributed by atoms with Gasteiger partial charge in [-0.2, -0.15) is 5.10 Å². The summed E-state index contributed by atoms with van der Waals surface area (Å²) in [6.07, 6.45) is 8.18. The molecule has 2 saturated heterocycles. The lowest BCUT2D eigenvalue weighted by Gasteiger charge is -2.32. The zero-order valence-corrected chi connectivity index (χ0v) is 19.1. The third kappa shape index (κ3) is 4.84. The molecule has 2 aliphatic heterocycles. The highest BCUT2D eigenvalue weighted by Gasteiger charge is 2.29. The van der Waals surface area contributed by atoms with Crippen LogP contribution in [0.4, 0.5) is 5.95 Å². The smallest absolute Gasteiger partial charge is 0.260 e. The highest BCUT2D eigenvalue weighted by molar-refractivity contribution is 5.78. The first-order valence-electron chi connectivity index (χ1n) is 11.7. The second-order valence-electron chi connectivity index (χ2n) is 8.82. The van der Waals surface area contributed by atoms with Gasteiger partial charge in [0.05, 0.1) is 11.4 Å². The van der Waals surface area contributed by atoms with Gasteiger partial charge in [0.1, 0.15) is 5.75 Å². The van der Waals surface area contributed by atoms with Crippen LogP contribution in [-0.4, -0.2) is 63.3 Å². The summed E-state index contributed by atoms with van der Waals surface area (Å²) in [4.78, 5) is 26.4. The van der Waals surface area contributed by atoms with Gasteiger partial charge in [-0.3, -0.25) is 9.48 Å². The average Bonchev–Trinajstić information content (AvgIpc) is 3.54. The molecular weight excluding hydrogens is 416 g/mol. The first kappa shape index (κ1) is 21.4. The number of hydrogen-bond acceptors (Lipinski definition) is 6. The van der Waals surface area contributed by atoms with Gasteiger partial charge in [0.2, 0.25) is 5.95 Å². The van der Waals surface area contributed by atoms with Gasteiger partial charge in [-0.25, -0.2) is 9.97 Å². The molecule has 2 aromatic heterocycles. The van der Waals surface area contributed by atoms with Gasteiger partial charge in [0, 0.05) is 57.1 Å². The van der Waals surface area contributed by atoms with Crippen molar-refractivity contribution in [3.05, 3.63) is 54.5 Å². The van der Waals surface area contributed by atoms with Crippen LogP contribution in [0, 0.1) is 0 Å². The van der Waals surface area contributed by atoms with E-state index in [1.165, 1.54) is 12.8 Å². The molecule has 0 saturated carbocycles. The second kappa shape index (κ2) is 9.60. The van der Waals surface area contributed by atoms with Crippen molar-refractivity contribution in [2.75, 3.05) is 37.7 Å². The number of rotatable bonds is 6. The van der Waals surface area contributed by atoms with E-state index in [4.69, 9.17) is 14.8 Å². The van der Waals surface area contributed by atoms with E-state index in [0.29, 0.717) is 12.3 Å². The Bertz CT molecular complexity index is 1090. The van der Waals surface area contributed by atoms with Gasteiger partial charge in [-0.1, -0.05) is 18.2 Å². The largest absolute Gasteiger partial charge is 0.484 e. The fourth-order valence-electron chi connectivity index (χ4n) is 4.75. The lowest BCUT2D eigenvalue weighted by Crippen LogP contribution is -2.41. The van der Waals surface area contributed by atoms with E-state index in [-0.39, 0.29) is 18.4 Å². The number of carbonyl (C=O) groups is 1. The molecule has 2 fully saturated rings. The Balaban J connectivity index is 1.31. The third-order valence-corrected chi connectivity index (χ3v) is 6.43.